The lowest BCUT2D eigenvalue weighted by atomic mass is 10.1. The fourth-order valence-corrected chi connectivity index (χ4v) is 2.44. The third kappa shape index (κ3) is 2.80. The lowest BCUT2D eigenvalue weighted by Crippen LogP contribution is -2.07. The lowest BCUT2D eigenvalue weighted by molar-refractivity contribution is 0.0687. The highest BCUT2D eigenvalue weighted by molar-refractivity contribution is 9.10. The van der Waals surface area contributed by atoms with Gasteiger partial charge in [-0.15, -0.1) is 0 Å². The molecule has 1 N–H and O–H groups in total. The Morgan fingerprint density at radius 1 is 1.09 bits per heavy atom. The molecule has 5 heteroatoms. The average Bonchev–Trinajstić information content (AvgIpc) is 2.94. The van der Waals surface area contributed by atoms with Crippen LogP contribution in [0.1, 0.15) is 16.1 Å². The number of carbonyl (C=O) groups is 1. The van der Waals surface area contributed by atoms with Gasteiger partial charge in [0.2, 0.25) is 0 Å². The maximum absolute atomic E-state index is 11.5. The van der Waals surface area contributed by atoms with Crippen molar-refractivity contribution in [1.29, 1.82) is 0 Å². The largest absolute Gasteiger partial charge is 0.477 e. The second-order valence-corrected chi connectivity index (χ2v) is 5.89. The number of nitrogens with zero attached hydrogens (tertiary/aromatic N) is 2. The molecule has 0 aliphatic carbocycles. The molecule has 3 rings (SSSR count). The van der Waals surface area contributed by atoms with Crippen molar-refractivity contribution in [1.82, 2.24) is 9.78 Å². The molecule has 0 fully saturated rings. The van der Waals surface area contributed by atoms with Crippen LogP contribution in [0.25, 0.3) is 16.9 Å². The van der Waals surface area contributed by atoms with Gasteiger partial charge in [-0.25, -0.2) is 9.48 Å². The predicted octanol–water partition coefficient (Wildman–Crippen LogP) is 4.31. The van der Waals surface area contributed by atoms with E-state index < -0.39 is 5.97 Å². The van der Waals surface area contributed by atoms with Gasteiger partial charge in [0, 0.05) is 10.0 Å². The van der Waals surface area contributed by atoms with Crippen molar-refractivity contribution in [3.8, 4) is 16.9 Å². The van der Waals surface area contributed by atoms with Crippen molar-refractivity contribution in [3.63, 3.8) is 0 Å². The topological polar surface area (TPSA) is 55.1 Å². The Hall–Kier alpha value is -2.40. The predicted molar refractivity (Wildman–Crippen MR) is 88.4 cm³/mol. The molecule has 0 saturated heterocycles. The SMILES string of the molecule is Cc1ccc(-c2cc(C(=O)O)n(-c3ccc(Br)cc3)n2)cc1. The highest BCUT2D eigenvalue weighted by Gasteiger charge is 2.16. The van der Waals surface area contributed by atoms with E-state index in [0.29, 0.717) is 11.4 Å². The van der Waals surface area contributed by atoms with E-state index in [1.165, 1.54) is 4.68 Å². The van der Waals surface area contributed by atoms with Crippen molar-refractivity contribution in [2.75, 3.05) is 0 Å². The number of halogens is 1. The highest BCUT2D eigenvalue weighted by Crippen LogP contribution is 2.23. The molecule has 1 heterocycles. The zero-order chi connectivity index (χ0) is 15.7. The van der Waals surface area contributed by atoms with Crippen LogP contribution < -0.4 is 0 Å². The summed E-state index contributed by atoms with van der Waals surface area (Å²) in [5.74, 6) is -1.01. The maximum Gasteiger partial charge on any atom is 0.354 e. The Morgan fingerprint density at radius 2 is 1.73 bits per heavy atom. The van der Waals surface area contributed by atoms with E-state index in [1.807, 2.05) is 55.5 Å². The van der Waals surface area contributed by atoms with Crippen molar-refractivity contribution in [2.45, 2.75) is 6.92 Å². The second kappa shape index (κ2) is 5.77. The van der Waals surface area contributed by atoms with Crippen LogP contribution in [-0.4, -0.2) is 20.9 Å². The zero-order valence-corrected chi connectivity index (χ0v) is 13.4. The van der Waals surface area contributed by atoms with E-state index in [0.717, 1.165) is 15.6 Å². The minimum absolute atomic E-state index is 0.137. The van der Waals surface area contributed by atoms with Gasteiger partial charge in [0.1, 0.15) is 0 Å². The maximum atomic E-state index is 11.5. The third-order valence-corrected chi connectivity index (χ3v) is 3.88. The molecule has 0 radical (unpaired) electrons. The minimum Gasteiger partial charge on any atom is -0.477 e. The Balaban J connectivity index is 2.11. The van der Waals surface area contributed by atoms with Crippen LogP contribution in [0.15, 0.2) is 59.1 Å². The first kappa shape index (κ1) is 14.5. The van der Waals surface area contributed by atoms with Crippen LogP contribution in [-0.2, 0) is 0 Å². The molecule has 0 unspecified atom stereocenters. The van der Waals surface area contributed by atoms with Crippen molar-refractivity contribution in [2.24, 2.45) is 0 Å². The second-order valence-electron chi connectivity index (χ2n) is 4.97. The van der Waals surface area contributed by atoms with Crippen LogP contribution >= 0.6 is 15.9 Å². The first-order chi connectivity index (χ1) is 10.5. The molecule has 0 aliphatic rings. The number of aromatic carboxylic acids is 1. The number of carboxylic acids is 1. The van der Waals surface area contributed by atoms with Crippen molar-refractivity contribution in [3.05, 3.63) is 70.3 Å². The third-order valence-electron chi connectivity index (χ3n) is 3.35. The van der Waals surface area contributed by atoms with Gasteiger partial charge in [-0.05, 0) is 37.3 Å². The summed E-state index contributed by atoms with van der Waals surface area (Å²) in [4.78, 5) is 11.5. The molecule has 4 nitrogen and oxygen atoms in total. The molecule has 0 bridgehead atoms. The lowest BCUT2D eigenvalue weighted by Gasteiger charge is -2.04. The minimum atomic E-state index is -1.01. The van der Waals surface area contributed by atoms with Crippen LogP contribution in [0, 0.1) is 6.92 Å². The number of aromatic nitrogens is 2. The summed E-state index contributed by atoms with van der Waals surface area (Å²) in [6.07, 6.45) is 0. The standard InChI is InChI=1S/C17H13BrN2O2/c1-11-2-4-12(5-3-11)15-10-16(17(21)22)20(19-15)14-8-6-13(18)7-9-14/h2-10H,1H3,(H,21,22). The van der Waals surface area contributed by atoms with Gasteiger partial charge < -0.3 is 5.11 Å². The molecule has 0 atom stereocenters. The summed E-state index contributed by atoms with van der Waals surface area (Å²) in [5, 5.41) is 13.9. The normalized spacial score (nSPS) is 10.6. The summed E-state index contributed by atoms with van der Waals surface area (Å²) in [6.45, 7) is 2.01. The molecular weight excluding hydrogens is 344 g/mol. The molecule has 22 heavy (non-hydrogen) atoms. The summed E-state index contributed by atoms with van der Waals surface area (Å²) < 4.78 is 2.38. The number of hydrogen-bond acceptors (Lipinski definition) is 2. The first-order valence-corrected chi connectivity index (χ1v) is 7.50. The number of rotatable bonds is 3. The van der Waals surface area contributed by atoms with Gasteiger partial charge in [0.05, 0.1) is 11.4 Å². The molecular formula is C17H13BrN2O2. The van der Waals surface area contributed by atoms with Gasteiger partial charge in [-0.1, -0.05) is 45.8 Å². The average molecular weight is 357 g/mol. The van der Waals surface area contributed by atoms with Gasteiger partial charge in [-0.3, -0.25) is 0 Å². The molecule has 0 spiro atoms. The van der Waals surface area contributed by atoms with Gasteiger partial charge in [0.15, 0.2) is 5.69 Å². The molecule has 0 aliphatic heterocycles. The van der Waals surface area contributed by atoms with E-state index in [1.54, 1.807) is 6.07 Å². The highest BCUT2D eigenvalue weighted by atomic mass is 79.9. The molecule has 3 aromatic rings. The molecule has 110 valence electrons. The van der Waals surface area contributed by atoms with Crippen LogP contribution in [0.4, 0.5) is 0 Å². The molecule has 2 aromatic carbocycles. The Bertz CT molecular complexity index is 821. The summed E-state index contributed by atoms with van der Waals surface area (Å²) in [7, 11) is 0. The quantitative estimate of drug-likeness (QED) is 0.760. The Labute approximate surface area is 136 Å². The Morgan fingerprint density at radius 3 is 2.32 bits per heavy atom. The van der Waals surface area contributed by atoms with E-state index in [-0.39, 0.29) is 5.69 Å². The summed E-state index contributed by atoms with van der Waals surface area (Å²) >= 11 is 3.37. The Kier molecular flexibility index (Phi) is 3.81. The van der Waals surface area contributed by atoms with Gasteiger partial charge >= 0.3 is 5.97 Å². The molecule has 1 aromatic heterocycles. The first-order valence-electron chi connectivity index (χ1n) is 6.71. The fourth-order valence-electron chi connectivity index (χ4n) is 2.18. The van der Waals surface area contributed by atoms with Crippen LogP contribution in [0.3, 0.4) is 0 Å². The summed E-state index contributed by atoms with van der Waals surface area (Å²) in [5.41, 5.74) is 3.52. The fraction of sp³-hybridized carbons (Fsp3) is 0.0588. The van der Waals surface area contributed by atoms with Gasteiger partial charge in [0.25, 0.3) is 0 Å². The van der Waals surface area contributed by atoms with E-state index in [2.05, 4.69) is 21.0 Å². The number of hydrogen-bond donors (Lipinski definition) is 1. The number of benzene rings is 2. The zero-order valence-electron chi connectivity index (χ0n) is 11.8. The van der Waals surface area contributed by atoms with E-state index >= 15 is 0 Å². The van der Waals surface area contributed by atoms with Crippen LogP contribution in [0.5, 0.6) is 0 Å². The summed E-state index contributed by atoms with van der Waals surface area (Å²) in [6, 6.07) is 16.8. The molecule has 0 amide bonds. The van der Waals surface area contributed by atoms with Crippen molar-refractivity contribution >= 4 is 21.9 Å². The van der Waals surface area contributed by atoms with Crippen molar-refractivity contribution < 1.29 is 9.90 Å². The van der Waals surface area contributed by atoms with Gasteiger partial charge in [-0.2, -0.15) is 5.10 Å². The number of carboxylic acid groups (broad SMARTS) is 1. The van der Waals surface area contributed by atoms with E-state index in [4.69, 9.17) is 0 Å². The van der Waals surface area contributed by atoms with E-state index in [9.17, 15) is 9.90 Å². The monoisotopic (exact) mass is 356 g/mol. The number of aryl methyl sites for hydroxylation is 1. The van der Waals surface area contributed by atoms with Crippen LogP contribution in [0.2, 0.25) is 0 Å². The smallest absolute Gasteiger partial charge is 0.354 e. The molecule has 0 saturated carbocycles.